The summed E-state index contributed by atoms with van der Waals surface area (Å²) in [5.74, 6) is 0. The summed E-state index contributed by atoms with van der Waals surface area (Å²) in [6.45, 7) is 18.9. The van der Waals surface area contributed by atoms with E-state index in [0.717, 1.165) is 89.4 Å². The first-order valence-electron chi connectivity index (χ1n) is 21.0. The molecule has 61 heavy (non-hydrogen) atoms. The fraction of sp³-hybridized carbons (Fsp3) is 0.321. The van der Waals surface area contributed by atoms with Crippen LogP contribution in [0.5, 0.6) is 0 Å². The molecule has 9 heterocycles. The summed E-state index contributed by atoms with van der Waals surface area (Å²) in [5, 5.41) is 0. The van der Waals surface area contributed by atoms with E-state index in [1.165, 1.54) is 0 Å². The molecule has 2 N–H and O–H groups in total. The highest BCUT2D eigenvalue weighted by Crippen LogP contribution is 2.55. The largest absolute Gasteiger partial charge is 0.354 e. The first-order chi connectivity index (χ1) is 28.4. The predicted octanol–water partition coefficient (Wildman–Crippen LogP) is 9.43. The third kappa shape index (κ3) is 6.41. The molecule has 310 valence electrons. The van der Waals surface area contributed by atoms with Crippen molar-refractivity contribution in [1.29, 1.82) is 0 Å². The number of nitrogens with zero attached hydrogens (tertiary/aromatic N) is 6. The van der Waals surface area contributed by atoms with Crippen molar-refractivity contribution in [1.82, 2.24) is 19.9 Å². The van der Waals surface area contributed by atoms with Crippen LogP contribution in [0.4, 0.5) is 0 Å². The summed E-state index contributed by atoms with van der Waals surface area (Å²) in [5.41, 5.74) is 15.5. The minimum absolute atomic E-state index is 0. The molecule has 9 rings (SSSR count). The molecule has 0 aliphatic carbocycles. The molecule has 0 atom stereocenters. The molecular weight excluding hydrogens is 749 g/mol. The molecule has 0 saturated heterocycles. The monoisotopic (exact) mass is 811 g/mol. The molecule has 8 bridgehead atoms. The van der Waals surface area contributed by atoms with Crippen molar-refractivity contribution >= 4 is 22.1 Å². The smallest absolute Gasteiger partial charge is 0.176 e. The highest BCUT2D eigenvalue weighted by atomic mass is 14.9. The number of fused-ring (bicyclic) bond motifs is 8. The second-order valence-electron chi connectivity index (χ2n) is 19.2. The third-order valence-electron chi connectivity index (χ3n) is 14.3. The van der Waals surface area contributed by atoms with Crippen molar-refractivity contribution in [2.45, 2.75) is 84.5 Å². The van der Waals surface area contributed by atoms with Gasteiger partial charge in [0.15, 0.2) is 49.6 Å². The lowest BCUT2D eigenvalue weighted by Gasteiger charge is -2.36. The maximum absolute atomic E-state index is 5.88. The molecule has 2 aliphatic heterocycles. The topological polar surface area (TPSA) is 72.9 Å². The van der Waals surface area contributed by atoms with E-state index in [-0.39, 0.29) is 29.1 Å². The van der Waals surface area contributed by atoms with Crippen LogP contribution in [-0.4, -0.2) is 19.9 Å². The molecular formula is C53H62N8+4. The lowest BCUT2D eigenvalue weighted by Crippen LogP contribution is -2.37. The maximum Gasteiger partial charge on any atom is 0.176 e. The van der Waals surface area contributed by atoms with Crippen molar-refractivity contribution in [2.24, 2.45) is 28.2 Å². The van der Waals surface area contributed by atoms with Gasteiger partial charge in [0.2, 0.25) is 0 Å². The van der Waals surface area contributed by atoms with Gasteiger partial charge < -0.3 is 9.97 Å². The van der Waals surface area contributed by atoms with Crippen LogP contribution < -0.4 is 18.3 Å². The van der Waals surface area contributed by atoms with E-state index in [0.29, 0.717) is 0 Å². The van der Waals surface area contributed by atoms with E-state index in [1.54, 1.807) is 0 Å². The van der Waals surface area contributed by atoms with E-state index in [4.69, 9.17) is 9.97 Å². The van der Waals surface area contributed by atoms with Crippen molar-refractivity contribution in [3.63, 3.8) is 0 Å². The summed E-state index contributed by atoms with van der Waals surface area (Å²) in [6.07, 6.45) is 17.2. The lowest BCUT2D eigenvalue weighted by molar-refractivity contribution is -0.671. The number of rotatable bonds is 4. The van der Waals surface area contributed by atoms with Gasteiger partial charge in [-0.3, -0.25) is 9.97 Å². The summed E-state index contributed by atoms with van der Waals surface area (Å²) >= 11 is 0. The number of pyridine rings is 4. The lowest BCUT2D eigenvalue weighted by atomic mass is 9.64. The zero-order chi connectivity index (χ0) is 42.5. The molecule has 8 heteroatoms. The predicted molar refractivity (Wildman–Crippen MR) is 246 cm³/mol. The summed E-state index contributed by atoms with van der Waals surface area (Å²) in [7, 11) is 8.35. The Morgan fingerprint density at radius 1 is 0.361 bits per heavy atom. The second-order valence-corrected chi connectivity index (χ2v) is 19.2. The number of hydrogen-bond donors (Lipinski definition) is 2. The highest BCUT2D eigenvalue weighted by Gasteiger charge is 2.51. The first-order valence-corrected chi connectivity index (χ1v) is 21.0. The Bertz CT molecular complexity index is 2650. The number of aromatic nitrogens is 8. The van der Waals surface area contributed by atoms with Crippen molar-refractivity contribution in [2.75, 3.05) is 0 Å². The van der Waals surface area contributed by atoms with Gasteiger partial charge in [0.25, 0.3) is 0 Å². The Kier molecular flexibility index (Phi) is 9.81. The maximum atomic E-state index is 5.88. The molecule has 0 amide bonds. The quantitative estimate of drug-likeness (QED) is 0.174. The standard InChI is InChI=1S/C52H58N8.CH4/c1-49(2)45-41(33-17-13-25-57(9)29-33)37-21-22-39(53-37)43(35-19-15-27-59(11)31-35)47-51(5,6)52(7,8)48(56-47)44(36-20-16-28-60(12)32-36)40-24-23-38(54-40)42(46(55-45)50(49,3)4)34-18-14-26-58(10)30-34;/h13-32,53-54H,1-12H3;1H4/q+4;. The van der Waals surface area contributed by atoms with Gasteiger partial charge in [-0.25, -0.2) is 18.3 Å². The van der Waals surface area contributed by atoms with Gasteiger partial charge in [-0.05, 0) is 48.5 Å². The number of nitrogens with one attached hydrogen (secondary N) is 2. The zero-order valence-corrected chi connectivity index (χ0v) is 37.2. The van der Waals surface area contributed by atoms with Gasteiger partial charge in [0.05, 0.1) is 22.8 Å². The highest BCUT2D eigenvalue weighted by molar-refractivity contribution is 5.93. The molecule has 0 fully saturated rings. The van der Waals surface area contributed by atoms with Crippen LogP contribution in [-0.2, 0) is 49.9 Å². The average molecular weight is 811 g/mol. The summed E-state index contributed by atoms with van der Waals surface area (Å²) in [6, 6.07) is 26.4. The van der Waals surface area contributed by atoms with Gasteiger partial charge in [-0.1, -0.05) is 62.8 Å². The van der Waals surface area contributed by atoms with Crippen LogP contribution in [0.15, 0.2) is 122 Å². The SMILES string of the molecule is C.C[n+]1cccc(-c2c3nc(c(-c4ccc[n+](C)c4)c4ccc([nH]4)c(-c4ccc[n+](C)c4)c4nc(c(-c5ccc[n+](C)c5)c5ccc2[nH]5)C(C)(C)C4(C)C)C(C)(C)C3(C)C)c1. The van der Waals surface area contributed by atoms with Crippen molar-refractivity contribution in [3.05, 3.63) is 145 Å². The molecule has 0 aromatic carbocycles. The zero-order valence-electron chi connectivity index (χ0n) is 37.2. The Labute approximate surface area is 361 Å². The fourth-order valence-electron chi connectivity index (χ4n) is 9.44. The van der Waals surface area contributed by atoms with Crippen LogP contribution in [0.1, 0.15) is 85.6 Å². The minimum atomic E-state index is -0.385. The van der Waals surface area contributed by atoms with Gasteiger partial charge in [0, 0.05) is 112 Å². The Balaban J connectivity index is 0.00000514. The van der Waals surface area contributed by atoms with Crippen LogP contribution in [0.25, 0.3) is 66.6 Å². The summed E-state index contributed by atoms with van der Waals surface area (Å²) < 4.78 is 8.51. The molecule has 0 radical (unpaired) electrons. The average Bonchev–Trinajstić information content (AvgIpc) is 3.93. The molecule has 7 aromatic heterocycles. The fourth-order valence-corrected chi connectivity index (χ4v) is 9.44. The Hall–Kier alpha value is -6.28. The number of H-pyrrole nitrogens is 2. The number of hydrogen-bond acceptors (Lipinski definition) is 2. The number of aryl methyl sites for hydroxylation is 4. The first kappa shape index (κ1) is 41.5. The van der Waals surface area contributed by atoms with Crippen LogP contribution >= 0.6 is 0 Å². The van der Waals surface area contributed by atoms with Crippen LogP contribution in [0, 0.1) is 0 Å². The van der Waals surface area contributed by atoms with Gasteiger partial charge in [-0.2, -0.15) is 0 Å². The summed E-state index contributed by atoms with van der Waals surface area (Å²) in [4.78, 5) is 19.8. The van der Waals surface area contributed by atoms with E-state index in [9.17, 15) is 0 Å². The van der Waals surface area contributed by atoms with Gasteiger partial charge in [0.1, 0.15) is 28.2 Å². The van der Waals surface area contributed by atoms with E-state index >= 15 is 0 Å². The molecule has 0 unspecified atom stereocenters. The Morgan fingerprint density at radius 3 is 0.770 bits per heavy atom. The normalized spacial score (nSPS) is 15.9. The van der Waals surface area contributed by atoms with E-state index < -0.39 is 0 Å². The molecule has 7 aromatic rings. The van der Waals surface area contributed by atoms with Crippen LogP contribution in [0.3, 0.4) is 0 Å². The Morgan fingerprint density at radius 2 is 0.574 bits per heavy atom. The molecule has 2 aliphatic rings. The van der Waals surface area contributed by atoms with E-state index in [1.807, 2.05) is 0 Å². The van der Waals surface area contributed by atoms with E-state index in [2.05, 4.69) is 234 Å². The number of aromatic amines is 2. The van der Waals surface area contributed by atoms with Crippen molar-refractivity contribution < 1.29 is 18.3 Å². The van der Waals surface area contributed by atoms with Gasteiger partial charge in [-0.15, -0.1) is 0 Å². The molecule has 0 spiro atoms. The molecule has 8 nitrogen and oxygen atoms in total. The third-order valence-corrected chi connectivity index (χ3v) is 14.3. The second kappa shape index (κ2) is 14.4. The molecule has 0 saturated carbocycles. The van der Waals surface area contributed by atoms with Crippen LogP contribution in [0.2, 0.25) is 0 Å². The van der Waals surface area contributed by atoms with Gasteiger partial charge >= 0.3 is 0 Å². The minimum Gasteiger partial charge on any atom is -0.354 e. The van der Waals surface area contributed by atoms with Crippen molar-refractivity contribution in [3.8, 4) is 44.5 Å².